The molecule has 3 rings (SSSR count). The average molecular weight is 424 g/mol. The molecule has 1 heterocycles. The fourth-order valence-corrected chi connectivity index (χ4v) is 4.15. The largest absolute Gasteiger partial charge is 0.481 e. The summed E-state index contributed by atoms with van der Waals surface area (Å²) in [5.41, 5.74) is 7.51. The molecule has 0 bridgehead atoms. The summed E-state index contributed by atoms with van der Waals surface area (Å²) in [5, 5.41) is 8.81. The Kier molecular flexibility index (Phi) is 6.13. The van der Waals surface area contributed by atoms with Gasteiger partial charge in [0.15, 0.2) is 4.77 Å². The molecular formula is C19H22F2N4O3S. The maximum Gasteiger partial charge on any atom is 0.305 e. The Morgan fingerprint density at radius 3 is 2.86 bits per heavy atom. The summed E-state index contributed by atoms with van der Waals surface area (Å²) in [5.74, 6) is -2.79. The topological polar surface area (TPSA) is 104 Å². The highest BCUT2D eigenvalue weighted by Gasteiger charge is 2.27. The van der Waals surface area contributed by atoms with Crippen LogP contribution in [0.15, 0.2) is 18.3 Å². The van der Waals surface area contributed by atoms with E-state index in [1.54, 1.807) is 6.20 Å². The van der Waals surface area contributed by atoms with Gasteiger partial charge in [-0.3, -0.25) is 9.59 Å². The average Bonchev–Trinajstić information content (AvgIpc) is 2.99. The molecule has 29 heavy (non-hydrogen) atoms. The van der Waals surface area contributed by atoms with Crippen molar-refractivity contribution < 1.29 is 23.5 Å². The number of aliphatic carboxylic acids is 1. The van der Waals surface area contributed by atoms with E-state index in [4.69, 9.17) is 23.1 Å². The van der Waals surface area contributed by atoms with Crippen molar-refractivity contribution in [1.82, 2.24) is 14.5 Å². The summed E-state index contributed by atoms with van der Waals surface area (Å²) in [6, 6.07) is 0.989. The molecule has 0 aliphatic heterocycles. The Bertz CT molecular complexity index is 1000. The van der Waals surface area contributed by atoms with Crippen molar-refractivity contribution in [3.63, 3.8) is 0 Å². The van der Waals surface area contributed by atoms with Crippen molar-refractivity contribution in [2.24, 2.45) is 5.73 Å². The Morgan fingerprint density at radius 2 is 2.17 bits per heavy atom. The standard InChI is InChI=1S/C19H22F2N4O3S/c1-24(18(28)16(22)7-17(26)27)9-13-8-23-19(29)25(13)12-2-3-14-10(5-12)4-11(20)6-15(14)21/h4,6,8,12,16H,2-3,5,7,9,22H2,1H3,(H,23,29)(H,26,27)/t12-,16-/m0/s1. The number of nitrogens with one attached hydrogen (secondary N) is 1. The van der Waals surface area contributed by atoms with E-state index in [9.17, 15) is 18.4 Å². The lowest BCUT2D eigenvalue weighted by molar-refractivity contribution is -0.141. The number of imidazole rings is 1. The summed E-state index contributed by atoms with van der Waals surface area (Å²) < 4.78 is 30.0. The Hall–Kier alpha value is -2.59. The minimum absolute atomic E-state index is 0.117. The summed E-state index contributed by atoms with van der Waals surface area (Å²) in [4.78, 5) is 27.4. The van der Waals surface area contributed by atoms with Crippen molar-refractivity contribution >= 4 is 24.1 Å². The van der Waals surface area contributed by atoms with Gasteiger partial charge in [0.25, 0.3) is 0 Å². The zero-order valence-electron chi connectivity index (χ0n) is 15.8. The van der Waals surface area contributed by atoms with E-state index in [-0.39, 0.29) is 12.6 Å². The first-order valence-electron chi connectivity index (χ1n) is 9.15. The number of amides is 1. The van der Waals surface area contributed by atoms with E-state index >= 15 is 0 Å². The second-order valence-electron chi connectivity index (χ2n) is 7.28. The molecule has 0 saturated heterocycles. The third-order valence-electron chi connectivity index (χ3n) is 5.18. The van der Waals surface area contributed by atoms with Gasteiger partial charge in [-0.25, -0.2) is 8.78 Å². The van der Waals surface area contributed by atoms with Crippen LogP contribution in [0.1, 0.15) is 35.7 Å². The second-order valence-corrected chi connectivity index (χ2v) is 7.66. The lowest BCUT2D eigenvalue weighted by Crippen LogP contribution is -2.43. The van der Waals surface area contributed by atoms with Crippen molar-refractivity contribution in [2.45, 2.75) is 44.3 Å². The molecule has 1 aliphatic rings. The third-order valence-corrected chi connectivity index (χ3v) is 5.49. The fraction of sp³-hybridized carbons (Fsp3) is 0.421. The molecule has 156 valence electrons. The van der Waals surface area contributed by atoms with Crippen LogP contribution in [-0.4, -0.2) is 44.5 Å². The summed E-state index contributed by atoms with van der Waals surface area (Å²) in [7, 11) is 1.53. The number of carbonyl (C=O) groups is 2. The third kappa shape index (κ3) is 4.54. The summed E-state index contributed by atoms with van der Waals surface area (Å²) >= 11 is 5.38. The maximum atomic E-state index is 14.0. The van der Waals surface area contributed by atoms with Gasteiger partial charge in [-0.2, -0.15) is 0 Å². The molecule has 0 saturated carbocycles. The van der Waals surface area contributed by atoms with E-state index in [1.807, 2.05) is 4.57 Å². The van der Waals surface area contributed by atoms with Gasteiger partial charge in [0.1, 0.15) is 11.6 Å². The van der Waals surface area contributed by atoms with Crippen molar-refractivity contribution in [2.75, 3.05) is 7.05 Å². The predicted octanol–water partition coefficient (Wildman–Crippen LogP) is 2.31. The number of carboxylic acids is 1. The molecule has 1 amide bonds. The summed E-state index contributed by atoms with van der Waals surface area (Å²) in [6.45, 7) is 0.167. The molecule has 0 unspecified atom stereocenters. The number of rotatable bonds is 6. The Morgan fingerprint density at radius 1 is 1.45 bits per heavy atom. The van der Waals surface area contributed by atoms with Crippen LogP contribution in [-0.2, 0) is 29.0 Å². The number of fused-ring (bicyclic) bond motifs is 1. The van der Waals surface area contributed by atoms with E-state index < -0.39 is 36.0 Å². The quantitative estimate of drug-likeness (QED) is 0.618. The molecule has 7 nitrogen and oxygen atoms in total. The fourth-order valence-electron chi connectivity index (χ4n) is 3.82. The van der Waals surface area contributed by atoms with Crippen LogP contribution >= 0.6 is 12.2 Å². The highest BCUT2D eigenvalue weighted by Crippen LogP contribution is 2.32. The van der Waals surface area contributed by atoms with E-state index in [1.165, 1.54) is 18.0 Å². The number of carbonyl (C=O) groups excluding carboxylic acids is 1. The second kappa shape index (κ2) is 8.42. The van der Waals surface area contributed by atoms with Gasteiger partial charge >= 0.3 is 5.97 Å². The molecule has 1 aromatic heterocycles. The first kappa shape index (κ1) is 21.1. The number of carboxylic acid groups (broad SMARTS) is 1. The van der Waals surface area contributed by atoms with Crippen LogP contribution in [0, 0.1) is 16.4 Å². The van der Waals surface area contributed by atoms with E-state index in [2.05, 4.69) is 4.98 Å². The molecule has 1 aromatic carbocycles. The smallest absolute Gasteiger partial charge is 0.305 e. The van der Waals surface area contributed by atoms with Gasteiger partial charge in [0.2, 0.25) is 5.91 Å². The van der Waals surface area contributed by atoms with Gasteiger partial charge in [-0.1, -0.05) is 0 Å². The number of hydrogen-bond donors (Lipinski definition) is 3. The highest BCUT2D eigenvalue weighted by molar-refractivity contribution is 7.71. The summed E-state index contributed by atoms with van der Waals surface area (Å²) in [6.07, 6.45) is 2.71. The Balaban J connectivity index is 1.81. The van der Waals surface area contributed by atoms with Gasteiger partial charge in [-0.05, 0) is 48.7 Å². The van der Waals surface area contributed by atoms with E-state index in [0.717, 1.165) is 6.07 Å². The lowest BCUT2D eigenvalue weighted by Gasteiger charge is -2.29. The van der Waals surface area contributed by atoms with Crippen LogP contribution in [0.2, 0.25) is 0 Å². The first-order chi connectivity index (χ1) is 13.7. The molecule has 10 heteroatoms. The molecule has 2 aromatic rings. The zero-order chi connectivity index (χ0) is 21.3. The number of aromatic amines is 1. The minimum atomic E-state index is -1.15. The van der Waals surface area contributed by atoms with Crippen LogP contribution in [0.25, 0.3) is 0 Å². The molecule has 0 fully saturated rings. The van der Waals surface area contributed by atoms with Gasteiger partial charge in [0, 0.05) is 25.4 Å². The highest BCUT2D eigenvalue weighted by atomic mass is 32.1. The number of halogens is 2. The molecule has 0 radical (unpaired) electrons. The molecule has 1 aliphatic carbocycles. The number of aromatic nitrogens is 2. The van der Waals surface area contributed by atoms with Crippen LogP contribution in [0.5, 0.6) is 0 Å². The van der Waals surface area contributed by atoms with Crippen LogP contribution in [0.4, 0.5) is 8.78 Å². The van der Waals surface area contributed by atoms with Crippen molar-refractivity contribution in [3.8, 4) is 0 Å². The predicted molar refractivity (Wildman–Crippen MR) is 104 cm³/mol. The first-order valence-corrected chi connectivity index (χ1v) is 9.56. The maximum absolute atomic E-state index is 14.0. The number of benzene rings is 1. The molecule has 0 spiro atoms. The molecule has 4 N–H and O–H groups in total. The molecule has 2 atom stereocenters. The molecular weight excluding hydrogens is 402 g/mol. The van der Waals surface area contributed by atoms with Crippen LogP contribution in [0.3, 0.4) is 0 Å². The minimum Gasteiger partial charge on any atom is -0.481 e. The van der Waals surface area contributed by atoms with Crippen molar-refractivity contribution in [3.05, 3.63) is 51.6 Å². The lowest BCUT2D eigenvalue weighted by atomic mass is 9.87. The number of hydrogen-bond acceptors (Lipinski definition) is 4. The normalized spacial score (nSPS) is 16.9. The zero-order valence-corrected chi connectivity index (χ0v) is 16.6. The van der Waals surface area contributed by atoms with Gasteiger partial charge < -0.3 is 25.3 Å². The monoisotopic (exact) mass is 424 g/mol. The van der Waals surface area contributed by atoms with Gasteiger partial charge in [-0.15, -0.1) is 0 Å². The van der Waals surface area contributed by atoms with Crippen molar-refractivity contribution in [1.29, 1.82) is 0 Å². The van der Waals surface area contributed by atoms with E-state index in [0.29, 0.717) is 40.9 Å². The Labute approximate surface area is 171 Å². The number of nitrogens with two attached hydrogens (primary N) is 1. The number of H-pyrrole nitrogens is 1. The number of likely N-dealkylation sites (N-methyl/N-ethyl adjacent to an activating group) is 1. The number of nitrogens with zero attached hydrogens (tertiary/aromatic N) is 2. The van der Waals surface area contributed by atoms with Crippen LogP contribution < -0.4 is 5.73 Å². The van der Waals surface area contributed by atoms with Gasteiger partial charge in [0.05, 0.1) is 24.7 Å². The SMILES string of the molecule is CN(Cc1c[nH]c(=S)n1[C@H]1CCc2c(F)cc(F)cc2C1)C(=O)[C@@H](N)CC(=O)O.